The van der Waals surface area contributed by atoms with E-state index in [1.807, 2.05) is 16.7 Å². The molecule has 3 aromatic heterocycles. The van der Waals surface area contributed by atoms with Crippen molar-refractivity contribution in [1.82, 2.24) is 14.4 Å². The molecule has 0 amide bonds. The molecule has 0 fully saturated rings. The fraction of sp³-hybridized carbons (Fsp3) is 0.182. The molecule has 0 unspecified atom stereocenters. The molecule has 6 nitrogen and oxygen atoms in total. The second kappa shape index (κ2) is 8.54. The van der Waals surface area contributed by atoms with Gasteiger partial charge >= 0.3 is 6.61 Å². The van der Waals surface area contributed by atoms with Gasteiger partial charge in [-0.2, -0.15) is 8.78 Å². The van der Waals surface area contributed by atoms with E-state index < -0.39 is 18.6 Å². The maximum Gasteiger partial charge on any atom is 0.387 e. The predicted octanol–water partition coefficient (Wildman–Crippen LogP) is 4.94. The number of ether oxygens (including phenoxy) is 1. The number of rotatable bonds is 4. The highest BCUT2D eigenvalue weighted by Crippen LogP contribution is 2.47. The Morgan fingerprint density at radius 2 is 1.97 bits per heavy atom. The monoisotopic (exact) mass is 479 g/mol. The lowest BCUT2D eigenvalue weighted by atomic mass is 9.95. The maximum atomic E-state index is 13.0. The maximum absolute atomic E-state index is 13.0. The Morgan fingerprint density at radius 3 is 2.69 bits per heavy atom. The lowest BCUT2D eigenvalue weighted by Gasteiger charge is -2.18. The first-order chi connectivity index (χ1) is 14.9. The quantitative estimate of drug-likeness (QED) is 0.434. The zero-order chi connectivity index (χ0) is 21.7. The molecule has 0 spiro atoms. The standard InChI is InChI=1S/C22H16ClF2N3O3.ClH/c23-13-3-4-17(31-22(24)25)14(7-13)15-8-16(29)20-21(15)28-10-12(1-5-18(28)27-20)11-2-6-19(30)26-9-11;/h1-7,9-10,15-16,22,29H,8H2,(H,26,30);1H/t15-,16-;/m1./s1. The van der Waals surface area contributed by atoms with Gasteiger partial charge in [0.25, 0.3) is 0 Å². The van der Waals surface area contributed by atoms with Crippen molar-refractivity contribution >= 4 is 29.7 Å². The zero-order valence-corrected chi connectivity index (χ0v) is 17.9. The molecule has 5 rings (SSSR count). The number of aliphatic hydroxyl groups excluding tert-OH is 1. The largest absolute Gasteiger partial charge is 0.435 e. The molecule has 0 saturated carbocycles. The highest BCUT2D eigenvalue weighted by Gasteiger charge is 2.37. The van der Waals surface area contributed by atoms with Crippen LogP contribution in [0.15, 0.2) is 59.7 Å². The zero-order valence-electron chi connectivity index (χ0n) is 16.3. The highest BCUT2D eigenvalue weighted by atomic mass is 35.5. The fourth-order valence-corrected chi connectivity index (χ4v) is 4.33. The number of aromatic amines is 1. The van der Waals surface area contributed by atoms with Crippen molar-refractivity contribution in [2.45, 2.75) is 25.1 Å². The number of benzene rings is 1. The summed E-state index contributed by atoms with van der Waals surface area (Å²) in [6.45, 7) is -2.99. The van der Waals surface area contributed by atoms with Gasteiger partial charge in [0.05, 0.1) is 17.5 Å². The third kappa shape index (κ3) is 3.85. The van der Waals surface area contributed by atoms with Crippen LogP contribution in [0, 0.1) is 0 Å². The number of hydrogen-bond acceptors (Lipinski definition) is 4. The van der Waals surface area contributed by atoms with E-state index in [0.29, 0.717) is 27.6 Å². The van der Waals surface area contributed by atoms with E-state index in [9.17, 15) is 18.7 Å². The molecule has 3 heterocycles. The number of nitrogens with one attached hydrogen (secondary N) is 1. The molecule has 10 heteroatoms. The summed E-state index contributed by atoms with van der Waals surface area (Å²) in [6.07, 6.45) is 2.87. The number of H-pyrrole nitrogens is 1. The molecule has 0 aliphatic heterocycles. The summed E-state index contributed by atoms with van der Waals surface area (Å²) >= 11 is 6.15. The third-order valence-corrected chi connectivity index (χ3v) is 5.70. The number of aromatic nitrogens is 3. The molecular formula is C22H17Cl2F2N3O3. The minimum Gasteiger partial charge on any atom is -0.435 e. The SMILES string of the molecule is Cl.O=c1ccc(-c2ccc3nc4c(n3c2)[C@@H](c2cc(Cl)ccc2OC(F)F)C[C@H]4O)c[nH]1. The molecule has 2 N–H and O–H groups in total. The van der Waals surface area contributed by atoms with Gasteiger partial charge in [0.15, 0.2) is 0 Å². The van der Waals surface area contributed by atoms with Gasteiger partial charge in [-0.1, -0.05) is 11.6 Å². The number of aliphatic hydroxyl groups is 1. The van der Waals surface area contributed by atoms with Crippen LogP contribution in [0.25, 0.3) is 16.8 Å². The van der Waals surface area contributed by atoms with E-state index in [-0.39, 0.29) is 30.1 Å². The van der Waals surface area contributed by atoms with Gasteiger partial charge in [-0.15, -0.1) is 12.4 Å². The average molecular weight is 480 g/mol. The van der Waals surface area contributed by atoms with Gasteiger partial charge < -0.3 is 19.2 Å². The van der Waals surface area contributed by atoms with Gasteiger partial charge in [-0.05, 0) is 53.9 Å². The van der Waals surface area contributed by atoms with Crippen molar-refractivity contribution in [2.24, 2.45) is 0 Å². The van der Waals surface area contributed by atoms with Gasteiger partial charge in [0, 0.05) is 35.0 Å². The molecule has 1 aliphatic rings. The van der Waals surface area contributed by atoms with Crippen LogP contribution >= 0.6 is 24.0 Å². The average Bonchev–Trinajstić information content (AvgIpc) is 3.27. The Morgan fingerprint density at radius 1 is 1.19 bits per heavy atom. The van der Waals surface area contributed by atoms with Crippen LogP contribution in [0.1, 0.15) is 35.4 Å². The van der Waals surface area contributed by atoms with Gasteiger partial charge in [-0.3, -0.25) is 4.79 Å². The molecule has 1 aliphatic carbocycles. The fourth-order valence-electron chi connectivity index (χ4n) is 4.15. The summed E-state index contributed by atoms with van der Waals surface area (Å²) in [4.78, 5) is 18.6. The Kier molecular flexibility index (Phi) is 5.94. The van der Waals surface area contributed by atoms with Crippen LogP contribution in [-0.4, -0.2) is 26.1 Å². The Bertz CT molecular complexity index is 1340. The lowest BCUT2D eigenvalue weighted by molar-refractivity contribution is -0.0505. The molecule has 0 saturated heterocycles. The van der Waals surface area contributed by atoms with Crippen molar-refractivity contribution < 1.29 is 18.6 Å². The molecular weight excluding hydrogens is 463 g/mol. The predicted molar refractivity (Wildman–Crippen MR) is 118 cm³/mol. The van der Waals surface area contributed by atoms with Crippen molar-refractivity contribution in [3.8, 4) is 16.9 Å². The Hall–Kier alpha value is -2.94. The van der Waals surface area contributed by atoms with Crippen molar-refractivity contribution in [3.63, 3.8) is 0 Å². The number of pyridine rings is 2. The van der Waals surface area contributed by atoms with Crippen LogP contribution < -0.4 is 10.3 Å². The number of nitrogens with zero attached hydrogens (tertiary/aromatic N) is 2. The summed E-state index contributed by atoms with van der Waals surface area (Å²) < 4.78 is 32.5. The van der Waals surface area contributed by atoms with E-state index in [2.05, 4.69) is 9.97 Å². The lowest BCUT2D eigenvalue weighted by Crippen LogP contribution is -2.08. The van der Waals surface area contributed by atoms with Crippen LogP contribution in [-0.2, 0) is 0 Å². The second-order valence-corrected chi connectivity index (χ2v) is 7.77. The third-order valence-electron chi connectivity index (χ3n) is 5.47. The van der Waals surface area contributed by atoms with Crippen molar-refractivity contribution in [3.05, 3.63) is 87.2 Å². The highest BCUT2D eigenvalue weighted by molar-refractivity contribution is 6.30. The number of halogens is 4. The first kappa shape index (κ1) is 22.3. The van der Waals surface area contributed by atoms with Gasteiger partial charge in [0.1, 0.15) is 11.4 Å². The van der Waals surface area contributed by atoms with Gasteiger partial charge in [0.2, 0.25) is 5.56 Å². The van der Waals surface area contributed by atoms with E-state index in [1.165, 1.54) is 18.2 Å². The minimum atomic E-state index is -2.99. The Labute approximate surface area is 191 Å². The van der Waals surface area contributed by atoms with E-state index in [0.717, 1.165) is 11.1 Å². The number of hydrogen-bond donors (Lipinski definition) is 2. The van der Waals surface area contributed by atoms with E-state index >= 15 is 0 Å². The van der Waals surface area contributed by atoms with E-state index in [4.69, 9.17) is 16.3 Å². The summed E-state index contributed by atoms with van der Waals surface area (Å²) in [5.74, 6) is -0.436. The molecule has 1 aromatic carbocycles. The number of alkyl halides is 2. The molecule has 0 radical (unpaired) electrons. The van der Waals surface area contributed by atoms with Crippen molar-refractivity contribution in [1.29, 1.82) is 0 Å². The minimum absolute atomic E-state index is 0. The van der Waals surface area contributed by atoms with Crippen molar-refractivity contribution in [2.75, 3.05) is 0 Å². The molecule has 4 aromatic rings. The number of imidazole rings is 1. The first-order valence-electron chi connectivity index (χ1n) is 9.54. The van der Waals surface area contributed by atoms with E-state index in [1.54, 1.807) is 24.4 Å². The van der Waals surface area contributed by atoms with Crippen LogP contribution in [0.2, 0.25) is 5.02 Å². The molecule has 2 atom stereocenters. The van der Waals surface area contributed by atoms with Crippen LogP contribution in [0.4, 0.5) is 8.78 Å². The van der Waals surface area contributed by atoms with Crippen LogP contribution in [0.3, 0.4) is 0 Å². The number of fused-ring (bicyclic) bond motifs is 3. The molecule has 166 valence electrons. The summed E-state index contributed by atoms with van der Waals surface area (Å²) in [5.41, 5.74) is 3.66. The topological polar surface area (TPSA) is 79.6 Å². The summed E-state index contributed by atoms with van der Waals surface area (Å²) in [5, 5.41) is 11.0. The summed E-state index contributed by atoms with van der Waals surface area (Å²) in [6, 6.07) is 11.3. The summed E-state index contributed by atoms with van der Waals surface area (Å²) in [7, 11) is 0. The normalized spacial score (nSPS) is 17.4. The first-order valence-corrected chi connectivity index (χ1v) is 9.92. The molecule has 32 heavy (non-hydrogen) atoms. The van der Waals surface area contributed by atoms with Crippen LogP contribution in [0.5, 0.6) is 5.75 Å². The molecule has 0 bridgehead atoms. The smallest absolute Gasteiger partial charge is 0.387 e. The second-order valence-electron chi connectivity index (χ2n) is 7.33. The van der Waals surface area contributed by atoms with Gasteiger partial charge in [-0.25, -0.2) is 4.98 Å². The Balaban J connectivity index is 0.00000245.